The fourth-order valence-corrected chi connectivity index (χ4v) is 10.4. The van der Waals surface area contributed by atoms with Crippen LogP contribution in [-0.4, -0.2) is 6.71 Å². The van der Waals surface area contributed by atoms with Crippen LogP contribution in [-0.2, 0) is 0 Å². The van der Waals surface area contributed by atoms with Crippen LogP contribution in [0.25, 0.3) is 66.8 Å². The maximum atomic E-state index is 6.24. The van der Waals surface area contributed by atoms with Crippen LogP contribution in [0.4, 0.5) is 0 Å². The molecular weight excluding hydrogens is 659 g/mol. The molecular formula is C46H27BO2S2. The van der Waals surface area contributed by atoms with Crippen molar-refractivity contribution in [2.45, 2.75) is 19.6 Å². The highest BCUT2D eigenvalue weighted by Gasteiger charge is 2.40. The Bertz CT molecular complexity index is 2560. The van der Waals surface area contributed by atoms with Crippen molar-refractivity contribution in [2.75, 3.05) is 0 Å². The van der Waals surface area contributed by atoms with Crippen molar-refractivity contribution in [1.29, 1.82) is 0 Å². The predicted molar refractivity (Wildman–Crippen MR) is 214 cm³/mol. The number of hydrogen-bond donors (Lipinski definition) is 0. The van der Waals surface area contributed by atoms with E-state index in [2.05, 4.69) is 140 Å². The molecule has 238 valence electrons. The van der Waals surface area contributed by atoms with E-state index in [4.69, 9.17) is 8.83 Å². The molecule has 11 rings (SSSR count). The first kappa shape index (κ1) is 29.1. The third-order valence-corrected chi connectivity index (χ3v) is 12.7. The van der Waals surface area contributed by atoms with Gasteiger partial charge < -0.3 is 8.83 Å². The lowest BCUT2D eigenvalue weighted by Crippen LogP contribution is -2.58. The number of furan rings is 2. The molecule has 5 heteroatoms. The van der Waals surface area contributed by atoms with Gasteiger partial charge in [0.05, 0.1) is 0 Å². The van der Waals surface area contributed by atoms with Crippen molar-refractivity contribution in [2.24, 2.45) is 0 Å². The minimum absolute atomic E-state index is 0.160. The van der Waals surface area contributed by atoms with Crippen LogP contribution in [0, 0.1) is 0 Å². The maximum Gasteiger partial charge on any atom is 0.247 e. The van der Waals surface area contributed by atoms with Gasteiger partial charge >= 0.3 is 0 Å². The largest absolute Gasteiger partial charge is 0.456 e. The standard InChI is InChI=1S/C46H27BO2S2/c1-5-13-38-32(9-1)25-40(48-38)30-21-17-28(18-22-30)34-27-35(29-19-23-31(24-20-29)41-26-33-10-2-6-14-39(33)49-41)46-44-45(34)50-42-15-7-3-11-36(42)47(44)37-12-4-8-16-43(37)51-46/h1-27H. The predicted octanol–water partition coefficient (Wildman–Crippen LogP) is 11.3. The Hall–Kier alpha value is -5.62. The molecule has 0 saturated heterocycles. The first-order valence-electron chi connectivity index (χ1n) is 17.2. The molecule has 0 unspecified atom stereocenters. The van der Waals surface area contributed by atoms with Crippen molar-refractivity contribution in [3.8, 4) is 44.9 Å². The Morgan fingerprint density at radius 2 is 0.804 bits per heavy atom. The van der Waals surface area contributed by atoms with Gasteiger partial charge in [-0.25, -0.2) is 0 Å². The van der Waals surface area contributed by atoms with Crippen molar-refractivity contribution in [3.05, 3.63) is 164 Å². The zero-order valence-corrected chi connectivity index (χ0v) is 28.9. The van der Waals surface area contributed by atoms with Gasteiger partial charge in [-0.05, 0) is 70.2 Å². The molecule has 0 bridgehead atoms. The van der Waals surface area contributed by atoms with Gasteiger partial charge in [-0.1, -0.05) is 156 Å². The quantitative estimate of drug-likeness (QED) is 0.172. The van der Waals surface area contributed by atoms with Gasteiger partial charge in [-0.2, -0.15) is 0 Å². The summed E-state index contributed by atoms with van der Waals surface area (Å²) in [5, 5.41) is 2.23. The zero-order chi connectivity index (χ0) is 33.5. The molecule has 0 amide bonds. The molecule has 4 heterocycles. The van der Waals surface area contributed by atoms with E-state index >= 15 is 0 Å². The third-order valence-electron chi connectivity index (χ3n) is 10.3. The SMILES string of the molecule is c1ccc2c(c1)Sc1c(-c3ccc(-c4cc5ccccc5o4)cc3)cc(-c3ccc(-c4cc5ccccc5o4)cc3)c3c1B2c1ccccc1S3. The molecule has 2 aliphatic heterocycles. The van der Waals surface area contributed by atoms with Crippen LogP contribution in [0.15, 0.2) is 192 Å². The van der Waals surface area contributed by atoms with Crippen LogP contribution in [0.1, 0.15) is 0 Å². The summed E-state index contributed by atoms with van der Waals surface area (Å²) >= 11 is 3.82. The fourth-order valence-electron chi connectivity index (χ4n) is 7.78. The molecule has 0 aliphatic carbocycles. The molecule has 2 nitrogen and oxygen atoms in total. The molecule has 0 spiro atoms. The number of benzene rings is 7. The van der Waals surface area contributed by atoms with E-state index in [1.165, 1.54) is 58.2 Å². The lowest BCUT2D eigenvalue weighted by atomic mass is 9.36. The van der Waals surface area contributed by atoms with Crippen molar-refractivity contribution < 1.29 is 8.83 Å². The topological polar surface area (TPSA) is 26.3 Å². The van der Waals surface area contributed by atoms with Crippen LogP contribution in [0.3, 0.4) is 0 Å². The van der Waals surface area contributed by atoms with Gasteiger partial charge in [-0.3, -0.25) is 0 Å². The van der Waals surface area contributed by atoms with Crippen molar-refractivity contribution in [1.82, 2.24) is 0 Å². The Morgan fingerprint density at radius 3 is 1.27 bits per heavy atom. The monoisotopic (exact) mass is 686 g/mol. The van der Waals surface area contributed by atoms with E-state index < -0.39 is 0 Å². The molecule has 7 aromatic carbocycles. The molecule has 2 aliphatic rings. The van der Waals surface area contributed by atoms with Gasteiger partial charge in [0, 0.05) is 41.5 Å². The highest BCUT2D eigenvalue weighted by Crippen LogP contribution is 2.47. The van der Waals surface area contributed by atoms with Crippen molar-refractivity contribution >= 4 is 68.6 Å². The lowest BCUT2D eigenvalue weighted by Gasteiger charge is -2.35. The second kappa shape index (κ2) is 11.5. The second-order valence-corrected chi connectivity index (χ2v) is 15.3. The van der Waals surface area contributed by atoms with E-state index in [1.54, 1.807) is 0 Å². The molecule has 51 heavy (non-hydrogen) atoms. The summed E-state index contributed by atoms with van der Waals surface area (Å²) in [5.41, 5.74) is 13.0. The van der Waals surface area contributed by atoms with Gasteiger partial charge in [0.15, 0.2) is 0 Å². The average molecular weight is 687 g/mol. The van der Waals surface area contributed by atoms with E-state index in [0.717, 1.165) is 44.6 Å². The Kier molecular flexibility index (Phi) is 6.55. The summed E-state index contributed by atoms with van der Waals surface area (Å²) in [6.45, 7) is 0.160. The molecule has 9 aromatic rings. The van der Waals surface area contributed by atoms with Gasteiger partial charge in [-0.15, -0.1) is 0 Å². The third kappa shape index (κ3) is 4.69. The Morgan fingerprint density at radius 1 is 0.392 bits per heavy atom. The van der Waals surface area contributed by atoms with E-state index in [-0.39, 0.29) is 6.71 Å². The molecule has 0 saturated carbocycles. The highest BCUT2D eigenvalue weighted by molar-refractivity contribution is 8.01. The number of rotatable bonds is 4. The van der Waals surface area contributed by atoms with Gasteiger partial charge in [0.1, 0.15) is 22.7 Å². The van der Waals surface area contributed by atoms with Crippen LogP contribution < -0.4 is 16.4 Å². The normalized spacial score (nSPS) is 12.9. The van der Waals surface area contributed by atoms with Crippen LogP contribution in [0.2, 0.25) is 0 Å². The smallest absolute Gasteiger partial charge is 0.247 e. The van der Waals surface area contributed by atoms with E-state index in [9.17, 15) is 0 Å². The maximum absolute atomic E-state index is 6.24. The molecule has 0 atom stereocenters. The first-order chi connectivity index (χ1) is 25.2. The average Bonchev–Trinajstić information content (AvgIpc) is 3.83. The summed E-state index contributed by atoms with van der Waals surface area (Å²) in [6, 6.07) is 58.8. The fraction of sp³-hybridized carbons (Fsp3) is 0. The van der Waals surface area contributed by atoms with E-state index in [1.807, 2.05) is 47.8 Å². The molecule has 2 aromatic heterocycles. The van der Waals surface area contributed by atoms with Crippen LogP contribution in [0.5, 0.6) is 0 Å². The summed E-state index contributed by atoms with van der Waals surface area (Å²) in [7, 11) is 0. The minimum atomic E-state index is 0.160. The summed E-state index contributed by atoms with van der Waals surface area (Å²) in [5.74, 6) is 1.77. The van der Waals surface area contributed by atoms with Gasteiger partial charge in [0.2, 0.25) is 6.71 Å². The second-order valence-electron chi connectivity index (χ2n) is 13.2. The number of fused-ring (bicyclic) bond motifs is 6. The summed E-state index contributed by atoms with van der Waals surface area (Å²) < 4.78 is 12.5. The molecule has 0 radical (unpaired) electrons. The summed E-state index contributed by atoms with van der Waals surface area (Å²) in [4.78, 5) is 5.33. The summed E-state index contributed by atoms with van der Waals surface area (Å²) in [6.07, 6.45) is 0. The highest BCUT2D eigenvalue weighted by atomic mass is 32.2. The minimum Gasteiger partial charge on any atom is -0.456 e. The number of hydrogen-bond acceptors (Lipinski definition) is 4. The first-order valence-corrected chi connectivity index (χ1v) is 18.8. The number of para-hydroxylation sites is 2. The lowest BCUT2D eigenvalue weighted by molar-refractivity contribution is 0.631. The van der Waals surface area contributed by atoms with E-state index in [0.29, 0.717) is 0 Å². The Balaban J connectivity index is 1.10. The van der Waals surface area contributed by atoms with Gasteiger partial charge in [0.25, 0.3) is 0 Å². The Labute approximate surface area is 304 Å². The molecule has 0 N–H and O–H groups in total. The molecule has 0 fully saturated rings. The van der Waals surface area contributed by atoms with Crippen LogP contribution >= 0.6 is 23.5 Å². The zero-order valence-electron chi connectivity index (χ0n) is 27.3. The van der Waals surface area contributed by atoms with Crippen molar-refractivity contribution in [3.63, 3.8) is 0 Å².